The molecule has 0 spiro atoms. The number of Topliss-reactive ketones (excluding diaryl/α,β-unsaturated/α-hetero) is 1. The fraction of sp³-hybridized carbons (Fsp3) is 0.571. The Kier molecular flexibility index (Phi) is 35.2. The highest BCUT2D eigenvalue weighted by Gasteiger charge is 2.44. The van der Waals surface area contributed by atoms with Crippen molar-refractivity contribution in [3.05, 3.63) is 191 Å². The number of benzene rings is 5. The van der Waals surface area contributed by atoms with Gasteiger partial charge < -0.3 is 29.5 Å². The van der Waals surface area contributed by atoms with Crippen LogP contribution >= 0.6 is 0 Å². The summed E-state index contributed by atoms with van der Waals surface area (Å²) < 4.78 is 15.5. The highest BCUT2D eigenvalue weighted by Crippen LogP contribution is 2.38. The first-order chi connectivity index (χ1) is 48.1. The van der Waals surface area contributed by atoms with Gasteiger partial charge >= 0.3 is 23.9 Å². The van der Waals surface area contributed by atoms with Gasteiger partial charge in [-0.25, -0.2) is 6.57 Å². The van der Waals surface area contributed by atoms with Crippen molar-refractivity contribution in [3.8, 4) is 0 Å². The topological polar surface area (TPSA) is 166 Å². The Balaban J connectivity index is 0.000000190. The minimum atomic E-state index is -0.642. The molecular weight excluding hydrogens is 1250 g/mol. The molecule has 546 valence electrons. The first-order valence-electron chi connectivity index (χ1n) is 37.2. The summed E-state index contributed by atoms with van der Waals surface area (Å²) in [6.45, 7) is 47.1. The largest absolute Gasteiger partial charge is 0.481 e. The lowest BCUT2D eigenvalue weighted by Crippen LogP contribution is -2.49. The van der Waals surface area contributed by atoms with Crippen LogP contribution in [0.15, 0.2) is 152 Å². The average Bonchev–Trinajstić information content (AvgIpc) is 0.805. The molecule has 2 N–H and O–H groups in total. The second kappa shape index (κ2) is 43.0. The predicted octanol–water partition coefficient (Wildman–Crippen LogP) is 14.1. The summed E-state index contributed by atoms with van der Waals surface area (Å²) in [5.74, 6) is 1.61. The van der Waals surface area contributed by atoms with E-state index in [1.54, 1.807) is 0 Å². The van der Waals surface area contributed by atoms with E-state index in [-0.39, 0.29) is 58.5 Å². The van der Waals surface area contributed by atoms with E-state index >= 15 is 0 Å². The van der Waals surface area contributed by atoms with E-state index < -0.39 is 5.97 Å². The van der Waals surface area contributed by atoms with Gasteiger partial charge in [-0.15, -0.1) is 0 Å². The maximum absolute atomic E-state index is 12.2. The molecule has 0 aromatic heterocycles. The van der Waals surface area contributed by atoms with Crippen LogP contribution < -0.4 is 5.32 Å². The Morgan fingerprint density at radius 2 is 0.850 bits per heavy atom. The summed E-state index contributed by atoms with van der Waals surface area (Å²) in [5.41, 5.74) is 6.07. The van der Waals surface area contributed by atoms with Gasteiger partial charge in [-0.2, -0.15) is 0 Å². The summed E-state index contributed by atoms with van der Waals surface area (Å²) in [6.07, 6.45) is 5.18. The van der Waals surface area contributed by atoms with Crippen molar-refractivity contribution in [2.45, 2.75) is 153 Å². The van der Waals surface area contributed by atoms with Crippen LogP contribution in [0.1, 0.15) is 143 Å². The lowest BCUT2D eigenvalue weighted by molar-refractivity contribution is -0.161. The van der Waals surface area contributed by atoms with Gasteiger partial charge in [0.25, 0.3) is 0 Å². The number of hydrogen-bond donors (Lipinski definition) is 2. The van der Waals surface area contributed by atoms with Crippen LogP contribution in [0, 0.1) is 64.7 Å². The molecule has 6 saturated heterocycles. The number of carboxylic acid groups (broad SMARTS) is 1. The molecule has 6 aliphatic rings. The van der Waals surface area contributed by atoms with Crippen LogP contribution in [0.2, 0.25) is 0 Å². The summed E-state index contributed by atoms with van der Waals surface area (Å²) in [4.78, 5) is 73.8. The molecule has 11 unspecified atom stereocenters. The predicted molar refractivity (Wildman–Crippen MR) is 400 cm³/mol. The minimum absolute atomic E-state index is 0.0191. The summed E-state index contributed by atoms with van der Waals surface area (Å²) in [7, 11) is 0. The molecule has 0 bridgehead atoms. The van der Waals surface area contributed by atoms with E-state index in [4.69, 9.17) is 25.9 Å². The molecule has 11 atom stereocenters. The van der Waals surface area contributed by atoms with Gasteiger partial charge in [-0.05, 0) is 145 Å². The van der Waals surface area contributed by atoms with Crippen LogP contribution in [-0.2, 0) is 70.9 Å². The number of ketones is 1. The Morgan fingerprint density at radius 1 is 0.480 bits per heavy atom. The summed E-state index contributed by atoms with van der Waals surface area (Å²) in [5, 5.41) is 12.3. The molecule has 16 heteroatoms. The van der Waals surface area contributed by atoms with Gasteiger partial charge in [0, 0.05) is 103 Å². The minimum Gasteiger partial charge on any atom is -0.481 e. The second-order valence-electron chi connectivity index (χ2n) is 29.3. The Labute approximate surface area is 600 Å². The monoisotopic (exact) mass is 1370 g/mol. The van der Waals surface area contributed by atoms with Crippen LogP contribution in [0.4, 0.5) is 0 Å². The van der Waals surface area contributed by atoms with Crippen LogP contribution in [0.5, 0.6) is 0 Å². The van der Waals surface area contributed by atoms with Crippen molar-refractivity contribution in [1.29, 1.82) is 0 Å². The number of ether oxygens (including phenoxy) is 3. The number of nitrogens with one attached hydrogen (secondary N) is 1. The van der Waals surface area contributed by atoms with E-state index in [0.717, 1.165) is 143 Å². The molecule has 0 amide bonds. The second-order valence-corrected chi connectivity index (χ2v) is 29.3. The zero-order valence-corrected chi connectivity index (χ0v) is 62.4. The molecule has 16 nitrogen and oxygen atoms in total. The number of aliphatic carboxylic acids is 1. The van der Waals surface area contributed by atoms with Crippen molar-refractivity contribution >= 4 is 29.7 Å². The van der Waals surface area contributed by atoms with E-state index in [2.05, 4.69) is 185 Å². The number of hydrogen-bond acceptors (Lipinski definition) is 14. The van der Waals surface area contributed by atoms with Crippen molar-refractivity contribution in [1.82, 2.24) is 29.8 Å². The average molecular weight is 1370 g/mol. The maximum Gasteiger partial charge on any atom is 0.312 e. The smallest absolute Gasteiger partial charge is 0.312 e. The zero-order chi connectivity index (χ0) is 72.5. The normalized spacial score (nSPS) is 26.5. The number of carbonyl (C=O) groups is 5. The number of nitrogens with zero attached hydrogens (tertiary/aromatic N) is 6. The molecule has 0 aliphatic carbocycles. The van der Waals surface area contributed by atoms with E-state index in [9.17, 15) is 24.0 Å². The number of likely N-dealkylation sites (tertiary alicyclic amines) is 5. The third-order valence-electron chi connectivity index (χ3n) is 21.4. The van der Waals surface area contributed by atoms with E-state index in [1.165, 1.54) is 27.8 Å². The van der Waals surface area contributed by atoms with Crippen molar-refractivity contribution in [2.24, 2.45) is 58.2 Å². The quantitative estimate of drug-likeness (QED) is 0.0513. The van der Waals surface area contributed by atoms with Gasteiger partial charge in [-0.3, -0.25) is 48.5 Å². The molecular formula is C84H121N7O9. The Hall–Kier alpha value is -7.10. The van der Waals surface area contributed by atoms with Crippen LogP contribution in [0.3, 0.4) is 0 Å². The van der Waals surface area contributed by atoms with Gasteiger partial charge in [-0.1, -0.05) is 193 Å². The van der Waals surface area contributed by atoms with Gasteiger partial charge in [0.1, 0.15) is 5.78 Å². The van der Waals surface area contributed by atoms with Gasteiger partial charge in [0.2, 0.25) is 6.04 Å². The third-order valence-corrected chi connectivity index (χ3v) is 21.4. The van der Waals surface area contributed by atoms with Crippen molar-refractivity contribution in [2.75, 3.05) is 98.4 Å². The van der Waals surface area contributed by atoms with Crippen LogP contribution in [0.25, 0.3) is 4.85 Å². The van der Waals surface area contributed by atoms with Crippen LogP contribution in [-0.4, -0.2) is 164 Å². The molecule has 0 saturated carbocycles. The summed E-state index contributed by atoms with van der Waals surface area (Å²) >= 11 is 0. The number of carbonyl (C=O) groups excluding carboxylic acids is 4. The number of piperidine rings is 6. The lowest BCUT2D eigenvalue weighted by atomic mass is 9.72. The Bertz CT molecular complexity index is 3220. The van der Waals surface area contributed by atoms with Gasteiger partial charge in [0.05, 0.1) is 42.5 Å². The molecule has 6 aliphatic heterocycles. The highest BCUT2D eigenvalue weighted by atomic mass is 16.5. The lowest BCUT2D eigenvalue weighted by Gasteiger charge is -2.42. The molecule has 100 heavy (non-hydrogen) atoms. The molecule has 0 radical (unpaired) electrons. The molecule has 6 heterocycles. The first kappa shape index (κ1) is 81.9. The molecule has 11 rings (SSSR count). The van der Waals surface area contributed by atoms with Crippen molar-refractivity contribution in [3.63, 3.8) is 0 Å². The number of esters is 3. The fourth-order valence-corrected chi connectivity index (χ4v) is 14.5. The molecule has 6 fully saturated rings. The van der Waals surface area contributed by atoms with E-state index in [1.807, 2.05) is 77.9 Å². The fourth-order valence-electron chi connectivity index (χ4n) is 14.5. The molecule has 5 aromatic rings. The van der Waals surface area contributed by atoms with E-state index in [0.29, 0.717) is 55.7 Å². The van der Waals surface area contributed by atoms with Crippen molar-refractivity contribution < 1.29 is 43.3 Å². The third kappa shape index (κ3) is 26.7. The van der Waals surface area contributed by atoms with Gasteiger partial charge in [0.15, 0.2) is 0 Å². The highest BCUT2D eigenvalue weighted by molar-refractivity contribution is 5.81. The first-order valence-corrected chi connectivity index (χ1v) is 37.2. The molecule has 5 aromatic carbocycles. The Morgan fingerprint density at radius 3 is 1.20 bits per heavy atom. The zero-order valence-electron chi connectivity index (χ0n) is 62.4. The standard InChI is InChI=1S/C17H25NO2.C16H23NO2.C14H18N2.C14H19NO2.C13H17NO.C10H19NO2/c1-4-20-16(19)17(3)10-11-18(12-14(17)2)13-15-8-6-5-7-9-15;1-3-19-16(18)15-9-10-17(11-13(15)2)12-14-7-5-4-6-8-14;1-12-10-16(9-8-14(12)15-2)11-13-6-4-3-5-7-13;1-11-9-15(8-7-13(11)14(16)17)10-12-5-3-2-4-6-12;1-11-9-14(8-7-13(11)15)10-12-5-3-2-4-6-12;1-4-13-9(12)10(3)5-6-11-7-8(10)2/h5-9,14H,4,10-13H2,1-3H3;4-8,13,15H,3,9-12H2,1-2H3;3-7,12,14H,8-11H2,1H3;2-6,11,13H,7-10H2,1H3,(H,16,17);2-6,11H,7-10H2,1H3;8,11H,4-7H2,1-3H3. The maximum atomic E-state index is 12.2. The SMILES string of the molecule is CC1CN(Cc2ccccc2)CCC1=O.CC1CN(Cc2ccccc2)CCC1C(=O)O.CCOC(=O)C1(C)CCN(Cc2ccccc2)CC1C.CCOC(=O)C1(C)CCNCC1C.CCOC(=O)C1CCN(Cc2ccccc2)CC1C.[C-]#[N+]C1CCN(Cc2ccccc2)CC1C. The number of carboxylic acids is 1. The number of rotatable bonds is 17. The summed E-state index contributed by atoms with van der Waals surface area (Å²) in [6, 6.07) is 52.6.